The summed E-state index contributed by atoms with van der Waals surface area (Å²) in [5, 5.41) is 3.21. The van der Waals surface area contributed by atoms with Crippen molar-refractivity contribution in [3.8, 4) is 5.75 Å². The van der Waals surface area contributed by atoms with Crippen molar-refractivity contribution in [1.29, 1.82) is 0 Å². The lowest BCUT2D eigenvalue weighted by atomic mass is 10.3. The Kier molecular flexibility index (Phi) is 4.40. The summed E-state index contributed by atoms with van der Waals surface area (Å²) < 4.78 is 5.60. The van der Waals surface area contributed by atoms with Gasteiger partial charge in [0.2, 0.25) is 0 Å². The normalized spacial score (nSPS) is 10.6. The lowest BCUT2D eigenvalue weighted by Gasteiger charge is -2.11. The molecule has 0 aliphatic rings. The number of benzene rings is 1. The average Bonchev–Trinajstić information content (AvgIpc) is 2.39. The molecule has 0 spiro atoms. The molecule has 0 fully saturated rings. The van der Waals surface area contributed by atoms with Gasteiger partial charge in [-0.05, 0) is 38.1 Å². The van der Waals surface area contributed by atoms with Crippen molar-refractivity contribution in [1.82, 2.24) is 9.97 Å². The standard InChI is InChI=1S/C15H20N4O/c1-4-14-18-13(16)9-15(19-14)17-11-5-7-12(8-6-11)20-10(2)3/h5-10H,4H2,1-3H3,(H3,16,17,18,19). The van der Waals surface area contributed by atoms with Crippen molar-refractivity contribution in [2.24, 2.45) is 0 Å². The number of hydrogen-bond acceptors (Lipinski definition) is 5. The molecule has 5 nitrogen and oxygen atoms in total. The predicted octanol–water partition coefficient (Wildman–Crippen LogP) is 3.15. The van der Waals surface area contributed by atoms with Crippen molar-refractivity contribution in [3.63, 3.8) is 0 Å². The number of aryl methyl sites for hydroxylation is 1. The van der Waals surface area contributed by atoms with Crippen LogP contribution in [0.5, 0.6) is 5.75 Å². The van der Waals surface area contributed by atoms with Gasteiger partial charge in [0.15, 0.2) is 0 Å². The van der Waals surface area contributed by atoms with E-state index in [1.165, 1.54) is 0 Å². The molecule has 1 aromatic heterocycles. The van der Waals surface area contributed by atoms with E-state index >= 15 is 0 Å². The first kappa shape index (κ1) is 14.1. The van der Waals surface area contributed by atoms with Crippen molar-refractivity contribution < 1.29 is 4.74 Å². The Morgan fingerprint density at radius 3 is 2.50 bits per heavy atom. The summed E-state index contributed by atoms with van der Waals surface area (Å²) in [5.41, 5.74) is 6.69. The Hall–Kier alpha value is -2.30. The summed E-state index contributed by atoms with van der Waals surface area (Å²) in [6.07, 6.45) is 0.920. The van der Waals surface area contributed by atoms with Crippen molar-refractivity contribution in [2.75, 3.05) is 11.1 Å². The van der Waals surface area contributed by atoms with Gasteiger partial charge in [-0.3, -0.25) is 0 Å². The van der Waals surface area contributed by atoms with E-state index < -0.39 is 0 Å². The highest BCUT2D eigenvalue weighted by Gasteiger charge is 2.03. The maximum absolute atomic E-state index is 5.76. The van der Waals surface area contributed by atoms with Crippen LogP contribution in [0.25, 0.3) is 0 Å². The van der Waals surface area contributed by atoms with Crippen LogP contribution in [0.15, 0.2) is 30.3 Å². The number of nitrogens with one attached hydrogen (secondary N) is 1. The van der Waals surface area contributed by atoms with Gasteiger partial charge in [-0.25, -0.2) is 9.97 Å². The van der Waals surface area contributed by atoms with Crippen molar-refractivity contribution in [2.45, 2.75) is 33.3 Å². The third-order valence-corrected chi connectivity index (χ3v) is 2.61. The van der Waals surface area contributed by atoms with Gasteiger partial charge < -0.3 is 15.8 Å². The molecular weight excluding hydrogens is 252 g/mol. The highest BCUT2D eigenvalue weighted by atomic mass is 16.5. The lowest BCUT2D eigenvalue weighted by molar-refractivity contribution is 0.242. The number of anilines is 3. The summed E-state index contributed by atoms with van der Waals surface area (Å²) in [6, 6.07) is 9.46. The topological polar surface area (TPSA) is 73.1 Å². The van der Waals surface area contributed by atoms with E-state index in [2.05, 4.69) is 15.3 Å². The number of hydrogen-bond donors (Lipinski definition) is 2. The molecule has 1 heterocycles. The van der Waals surface area contributed by atoms with Gasteiger partial charge in [0.25, 0.3) is 0 Å². The van der Waals surface area contributed by atoms with Crippen LogP contribution in [-0.4, -0.2) is 16.1 Å². The van der Waals surface area contributed by atoms with Gasteiger partial charge >= 0.3 is 0 Å². The van der Waals surface area contributed by atoms with Gasteiger partial charge in [-0.1, -0.05) is 6.92 Å². The quantitative estimate of drug-likeness (QED) is 0.874. The first-order valence-electron chi connectivity index (χ1n) is 6.74. The Bertz CT molecular complexity index is 567. The Morgan fingerprint density at radius 1 is 1.20 bits per heavy atom. The van der Waals surface area contributed by atoms with Crippen LogP contribution >= 0.6 is 0 Å². The number of nitrogens with two attached hydrogens (primary N) is 1. The zero-order chi connectivity index (χ0) is 14.5. The second-order valence-corrected chi connectivity index (χ2v) is 4.76. The zero-order valence-electron chi connectivity index (χ0n) is 12.1. The van der Waals surface area contributed by atoms with Gasteiger partial charge in [0.1, 0.15) is 23.2 Å². The largest absolute Gasteiger partial charge is 0.491 e. The van der Waals surface area contributed by atoms with E-state index in [-0.39, 0.29) is 6.10 Å². The molecule has 0 aliphatic heterocycles. The van der Waals surface area contributed by atoms with E-state index in [1.807, 2.05) is 45.0 Å². The maximum atomic E-state index is 5.76. The van der Waals surface area contributed by atoms with Crippen LogP contribution in [0, 0.1) is 0 Å². The Morgan fingerprint density at radius 2 is 1.90 bits per heavy atom. The highest BCUT2D eigenvalue weighted by Crippen LogP contribution is 2.20. The minimum atomic E-state index is 0.169. The summed E-state index contributed by atoms with van der Waals surface area (Å²) in [5.74, 6) is 2.75. The van der Waals surface area contributed by atoms with Crippen LogP contribution in [-0.2, 0) is 6.42 Å². The molecule has 0 amide bonds. The van der Waals surface area contributed by atoms with Crippen LogP contribution in [0.1, 0.15) is 26.6 Å². The number of aromatic nitrogens is 2. The third-order valence-electron chi connectivity index (χ3n) is 2.61. The average molecular weight is 272 g/mol. The minimum absolute atomic E-state index is 0.169. The molecule has 2 rings (SSSR count). The van der Waals surface area contributed by atoms with Gasteiger partial charge in [-0.2, -0.15) is 0 Å². The number of nitrogens with zero attached hydrogens (tertiary/aromatic N) is 2. The molecule has 0 saturated heterocycles. The van der Waals surface area contributed by atoms with Crippen LogP contribution in [0.2, 0.25) is 0 Å². The Labute approximate surface area is 119 Å². The fourth-order valence-corrected chi connectivity index (χ4v) is 1.78. The second-order valence-electron chi connectivity index (χ2n) is 4.76. The third kappa shape index (κ3) is 3.85. The number of ether oxygens (including phenoxy) is 1. The molecule has 0 aliphatic carbocycles. The number of nitrogen functional groups attached to an aromatic ring is 1. The maximum Gasteiger partial charge on any atom is 0.136 e. The van der Waals surface area contributed by atoms with Crippen molar-refractivity contribution >= 4 is 17.3 Å². The van der Waals surface area contributed by atoms with Crippen molar-refractivity contribution in [3.05, 3.63) is 36.2 Å². The molecule has 1 aromatic carbocycles. The molecule has 0 atom stereocenters. The predicted molar refractivity (Wildman–Crippen MR) is 81.3 cm³/mol. The molecule has 20 heavy (non-hydrogen) atoms. The van der Waals surface area contributed by atoms with E-state index in [1.54, 1.807) is 6.07 Å². The van der Waals surface area contributed by atoms with E-state index in [4.69, 9.17) is 10.5 Å². The number of rotatable bonds is 5. The smallest absolute Gasteiger partial charge is 0.136 e. The van der Waals surface area contributed by atoms with E-state index in [0.29, 0.717) is 11.6 Å². The summed E-state index contributed by atoms with van der Waals surface area (Å²) >= 11 is 0. The van der Waals surface area contributed by atoms with Gasteiger partial charge in [0.05, 0.1) is 6.10 Å². The van der Waals surface area contributed by atoms with Gasteiger partial charge in [0, 0.05) is 18.2 Å². The first-order chi connectivity index (χ1) is 9.56. The molecule has 0 unspecified atom stereocenters. The molecule has 5 heteroatoms. The molecule has 2 aromatic rings. The van der Waals surface area contributed by atoms with Crippen LogP contribution in [0.3, 0.4) is 0 Å². The van der Waals surface area contributed by atoms with Gasteiger partial charge in [-0.15, -0.1) is 0 Å². The SMILES string of the molecule is CCc1nc(N)cc(Nc2ccc(OC(C)C)cc2)n1. The molecule has 3 N–H and O–H groups in total. The summed E-state index contributed by atoms with van der Waals surface area (Å²) in [4.78, 5) is 8.53. The monoisotopic (exact) mass is 272 g/mol. The highest BCUT2D eigenvalue weighted by molar-refractivity contribution is 5.59. The molecule has 0 saturated carbocycles. The lowest BCUT2D eigenvalue weighted by Crippen LogP contribution is -2.05. The summed E-state index contributed by atoms with van der Waals surface area (Å²) in [7, 11) is 0. The second kappa shape index (κ2) is 6.23. The fourth-order valence-electron chi connectivity index (χ4n) is 1.78. The van der Waals surface area contributed by atoms with Crippen LogP contribution in [0.4, 0.5) is 17.3 Å². The van der Waals surface area contributed by atoms with E-state index in [9.17, 15) is 0 Å². The zero-order valence-corrected chi connectivity index (χ0v) is 12.1. The molecule has 106 valence electrons. The Balaban J connectivity index is 2.11. The van der Waals surface area contributed by atoms with Crippen LogP contribution < -0.4 is 15.8 Å². The summed E-state index contributed by atoms with van der Waals surface area (Å²) in [6.45, 7) is 6.00. The molecular formula is C15H20N4O. The first-order valence-corrected chi connectivity index (χ1v) is 6.74. The molecule has 0 radical (unpaired) electrons. The minimum Gasteiger partial charge on any atom is -0.491 e. The fraction of sp³-hybridized carbons (Fsp3) is 0.333. The molecule has 0 bridgehead atoms. The van der Waals surface area contributed by atoms with E-state index in [0.717, 1.165) is 23.7 Å².